The average Bonchev–Trinajstić information content (AvgIpc) is 4.06. The quantitative estimate of drug-likeness (QED) is 0.0979. The van der Waals surface area contributed by atoms with Crippen molar-refractivity contribution in [2.45, 2.75) is 70.1 Å². The number of benzene rings is 3. The van der Waals surface area contributed by atoms with Crippen LogP contribution in [-0.2, 0) is 26.3 Å². The van der Waals surface area contributed by atoms with E-state index in [9.17, 15) is 29.1 Å². The Morgan fingerprint density at radius 2 is 1.71 bits per heavy atom. The molecule has 5 aromatic rings. The van der Waals surface area contributed by atoms with Crippen LogP contribution in [-0.4, -0.2) is 110 Å². The van der Waals surface area contributed by atoms with Gasteiger partial charge in [0, 0.05) is 56.5 Å². The van der Waals surface area contributed by atoms with E-state index in [2.05, 4.69) is 40.9 Å². The molecule has 65 heavy (non-hydrogen) atoms. The monoisotopic (exact) mass is 880 g/mol. The van der Waals surface area contributed by atoms with E-state index >= 15 is 0 Å². The molecule has 2 atom stereocenters. The fourth-order valence-electron chi connectivity index (χ4n) is 9.89. The van der Waals surface area contributed by atoms with Crippen molar-refractivity contribution in [2.75, 3.05) is 54.9 Å². The summed E-state index contributed by atoms with van der Waals surface area (Å²) in [6.45, 7) is 7.43. The fraction of sp³-hybridized carbons (Fsp3) is 0.383. The number of fused-ring (bicyclic) bond motifs is 2. The Morgan fingerprint density at radius 3 is 2.49 bits per heavy atom. The van der Waals surface area contributed by atoms with Gasteiger partial charge in [0.05, 0.1) is 40.6 Å². The van der Waals surface area contributed by atoms with Crippen LogP contribution in [0.4, 0.5) is 23.1 Å². The highest BCUT2D eigenvalue weighted by molar-refractivity contribution is 6.25. The van der Waals surface area contributed by atoms with E-state index in [1.807, 2.05) is 56.3 Å². The van der Waals surface area contributed by atoms with Crippen LogP contribution in [0.15, 0.2) is 77.3 Å². The van der Waals surface area contributed by atoms with Crippen molar-refractivity contribution in [1.82, 2.24) is 35.3 Å². The number of aliphatic hydroxyl groups is 1. The number of amides is 4. The van der Waals surface area contributed by atoms with Crippen LogP contribution in [0.5, 0.6) is 0 Å². The molecule has 1 unspecified atom stereocenters. The summed E-state index contributed by atoms with van der Waals surface area (Å²) in [5.74, 6) is -1.05. The van der Waals surface area contributed by atoms with Crippen molar-refractivity contribution in [3.63, 3.8) is 0 Å². The maximum Gasteiger partial charge on any atom is 0.339 e. The van der Waals surface area contributed by atoms with Gasteiger partial charge in [0.1, 0.15) is 17.5 Å². The van der Waals surface area contributed by atoms with Gasteiger partial charge in [-0.1, -0.05) is 36.4 Å². The molecular formula is C47H48N10O8. The lowest BCUT2D eigenvalue weighted by molar-refractivity contribution is -0.136. The summed E-state index contributed by atoms with van der Waals surface area (Å²) in [6, 6.07) is 18.7. The van der Waals surface area contributed by atoms with Crippen LogP contribution >= 0.6 is 0 Å². The van der Waals surface area contributed by atoms with Crippen molar-refractivity contribution >= 4 is 52.7 Å². The highest BCUT2D eigenvalue weighted by Gasteiger charge is 2.47. The summed E-state index contributed by atoms with van der Waals surface area (Å²) in [5.41, 5.74) is 3.89. The van der Waals surface area contributed by atoms with E-state index in [1.165, 1.54) is 0 Å². The number of aromatic nitrogens is 4. The van der Waals surface area contributed by atoms with Crippen LogP contribution in [0, 0.1) is 5.41 Å². The number of piperidine rings is 2. The summed E-state index contributed by atoms with van der Waals surface area (Å²) in [5, 5.41) is 28.1. The molecule has 3 aromatic carbocycles. The minimum Gasteiger partial charge on any atom is -0.451 e. The van der Waals surface area contributed by atoms with E-state index in [-0.39, 0.29) is 48.2 Å². The number of nitrogens with one attached hydrogen (secondary N) is 3. The zero-order chi connectivity index (χ0) is 45.0. The fourth-order valence-corrected chi connectivity index (χ4v) is 9.89. The van der Waals surface area contributed by atoms with Crippen molar-refractivity contribution in [1.29, 1.82) is 0 Å². The zero-order valence-corrected chi connectivity index (χ0v) is 36.0. The van der Waals surface area contributed by atoms with Gasteiger partial charge in [0.15, 0.2) is 0 Å². The number of nitrogens with zero attached hydrogens (tertiary/aromatic N) is 7. The van der Waals surface area contributed by atoms with Gasteiger partial charge < -0.3 is 34.7 Å². The van der Waals surface area contributed by atoms with E-state index in [1.54, 1.807) is 30.5 Å². The summed E-state index contributed by atoms with van der Waals surface area (Å²) in [6.07, 6.45) is 5.16. The molecule has 0 radical (unpaired) electrons. The lowest BCUT2D eigenvalue weighted by atomic mass is 9.77. The van der Waals surface area contributed by atoms with Gasteiger partial charge in [0.2, 0.25) is 23.7 Å². The molecule has 2 aromatic heterocycles. The zero-order valence-electron chi connectivity index (χ0n) is 36.0. The van der Waals surface area contributed by atoms with E-state index in [0.717, 1.165) is 48.4 Å². The van der Waals surface area contributed by atoms with Crippen molar-refractivity contribution in [2.24, 2.45) is 5.41 Å². The SMILES string of the molecule is CC1(C)OC(=O)c2ccc(Nc3ncc(-c4nnc(CCN5CCC6(CCN(c7cccc8c7C(=O)N(C7CCC(=O)NC7=O)C8=O)CC6)C5)o4)c(N[C@H](CO)c4ccccc4)n3)cc21. The molecule has 0 aliphatic carbocycles. The van der Waals surface area contributed by atoms with Crippen LogP contribution in [0.25, 0.3) is 11.5 Å². The van der Waals surface area contributed by atoms with Crippen molar-refractivity contribution in [3.8, 4) is 11.5 Å². The lowest BCUT2D eigenvalue weighted by Crippen LogP contribution is -2.54. The predicted octanol–water partition coefficient (Wildman–Crippen LogP) is 4.76. The Bertz CT molecular complexity index is 2730. The maximum atomic E-state index is 13.8. The van der Waals surface area contributed by atoms with E-state index < -0.39 is 41.3 Å². The third kappa shape index (κ3) is 7.86. The number of cyclic esters (lactones) is 1. The third-order valence-corrected chi connectivity index (χ3v) is 13.4. The molecule has 3 fully saturated rings. The number of hydrogen-bond acceptors (Lipinski definition) is 16. The van der Waals surface area contributed by atoms with Crippen molar-refractivity contribution in [3.05, 3.63) is 107 Å². The highest BCUT2D eigenvalue weighted by atomic mass is 16.6. The molecule has 4 amide bonds. The molecule has 334 valence electrons. The number of ether oxygens (including phenoxy) is 1. The number of likely N-dealkylation sites (tertiary alicyclic amines) is 1. The first-order valence-electron chi connectivity index (χ1n) is 22.0. The Kier molecular flexibility index (Phi) is 10.6. The first kappa shape index (κ1) is 41.9. The van der Waals surface area contributed by atoms with Gasteiger partial charge in [-0.05, 0) is 87.4 Å². The molecule has 18 heteroatoms. The summed E-state index contributed by atoms with van der Waals surface area (Å²) in [7, 11) is 0. The van der Waals surface area contributed by atoms with Gasteiger partial charge in [0.25, 0.3) is 17.7 Å². The Balaban J connectivity index is 0.798. The highest BCUT2D eigenvalue weighted by Crippen LogP contribution is 2.44. The number of hydrogen-bond donors (Lipinski definition) is 4. The maximum absolute atomic E-state index is 13.8. The summed E-state index contributed by atoms with van der Waals surface area (Å²) in [4.78, 5) is 79.0. The second kappa shape index (κ2) is 16.5. The third-order valence-electron chi connectivity index (χ3n) is 13.4. The predicted molar refractivity (Wildman–Crippen MR) is 235 cm³/mol. The topological polar surface area (TPSA) is 225 Å². The van der Waals surface area contributed by atoms with Crippen LogP contribution in [0.2, 0.25) is 0 Å². The molecule has 1 spiro atoms. The van der Waals surface area contributed by atoms with Crippen molar-refractivity contribution < 1.29 is 38.2 Å². The lowest BCUT2D eigenvalue weighted by Gasteiger charge is -2.41. The van der Waals surface area contributed by atoms with Gasteiger partial charge >= 0.3 is 5.97 Å². The van der Waals surface area contributed by atoms with Crippen LogP contribution in [0.3, 0.4) is 0 Å². The molecule has 3 saturated heterocycles. The normalized spacial score (nSPS) is 20.5. The Morgan fingerprint density at radius 1 is 0.908 bits per heavy atom. The van der Waals surface area contributed by atoms with Crippen LogP contribution in [0.1, 0.15) is 100 Å². The molecule has 5 aliphatic heterocycles. The minimum atomic E-state index is -1.01. The Hall–Kier alpha value is -7.05. The number of aliphatic hydroxyl groups excluding tert-OH is 1. The molecule has 18 nitrogen and oxygen atoms in total. The smallest absolute Gasteiger partial charge is 0.339 e. The van der Waals surface area contributed by atoms with Crippen LogP contribution < -0.4 is 20.9 Å². The van der Waals surface area contributed by atoms with Gasteiger partial charge in [-0.2, -0.15) is 4.98 Å². The molecule has 0 saturated carbocycles. The number of imide groups is 2. The number of rotatable bonds is 12. The number of carbonyl (C=O) groups excluding carboxylic acids is 5. The molecule has 4 N–H and O–H groups in total. The summed E-state index contributed by atoms with van der Waals surface area (Å²) < 4.78 is 11.8. The second-order valence-electron chi connectivity index (χ2n) is 17.9. The Labute approximate surface area is 373 Å². The minimum absolute atomic E-state index is 0.0703. The molecule has 0 bridgehead atoms. The average molecular weight is 881 g/mol. The number of carbonyl (C=O) groups is 5. The molecule has 7 heterocycles. The largest absolute Gasteiger partial charge is 0.451 e. The van der Waals surface area contributed by atoms with E-state index in [4.69, 9.17) is 14.1 Å². The summed E-state index contributed by atoms with van der Waals surface area (Å²) >= 11 is 0. The van der Waals surface area contributed by atoms with E-state index in [0.29, 0.717) is 65.8 Å². The number of anilines is 4. The van der Waals surface area contributed by atoms with Gasteiger partial charge in [-0.15, -0.1) is 10.2 Å². The molecule has 5 aliphatic rings. The first-order valence-corrected chi connectivity index (χ1v) is 22.0. The molecule has 10 rings (SSSR count). The first-order chi connectivity index (χ1) is 31.4. The standard InChI is InChI=1S/C47H48N10O8/c1-46(2)32-23-28(11-12-29(32)44(63)65-46)49-45-48-24-31(39(52-45)50-33(25-58)27-7-4-3-5-8-27)41-54-53-37(64-41)15-19-55-20-16-47(26-55)17-21-56(22-18-47)34-10-6-9-30-38(34)43(62)57(42(30)61)35-13-14-36(59)51-40(35)60/h3-12,23-24,33,35,58H,13-22,25-26H2,1-2H3,(H,51,59,60)(H2,48,49,50,52)/t33-,35?/m1/s1. The molecular weight excluding hydrogens is 833 g/mol. The second-order valence-corrected chi connectivity index (χ2v) is 17.9. The van der Waals surface area contributed by atoms with Gasteiger partial charge in [-0.3, -0.25) is 29.4 Å². The number of esters is 1. The van der Waals surface area contributed by atoms with Gasteiger partial charge in [-0.25, -0.2) is 9.78 Å².